The number of hydrogen-bond donors (Lipinski definition) is 0. The van der Waals surface area contributed by atoms with E-state index < -0.39 is 33.7 Å². The molecule has 0 aliphatic carbocycles. The van der Waals surface area contributed by atoms with Crippen molar-refractivity contribution in [2.45, 2.75) is 0 Å². The van der Waals surface area contributed by atoms with Crippen LogP contribution in [0.4, 0.5) is 17.1 Å². The summed E-state index contributed by atoms with van der Waals surface area (Å²) in [6, 6.07) is 0.807. The lowest BCUT2D eigenvalue weighted by Crippen LogP contribution is -2.06. The van der Waals surface area contributed by atoms with Crippen LogP contribution in [0.15, 0.2) is 12.1 Å². The highest BCUT2D eigenvalue weighted by Crippen LogP contribution is 2.25. The third kappa shape index (κ3) is 2.34. The molecule has 1 aromatic carbocycles. The van der Waals surface area contributed by atoms with Crippen molar-refractivity contribution < 1.29 is 29.7 Å². The topological polar surface area (TPSA) is 43.4 Å². The Morgan fingerprint density at radius 1 is 1.07 bits per heavy atom. The van der Waals surface area contributed by atoms with Crippen LogP contribution in [0.3, 0.4) is 0 Å². The lowest BCUT2D eigenvalue weighted by atomic mass is 10.3. The van der Waals surface area contributed by atoms with Gasteiger partial charge in [-0.2, -0.15) is 12.8 Å². The zero-order chi connectivity index (χ0) is 10.9. The highest BCUT2D eigenvalue weighted by atomic mass is 32.3. The van der Waals surface area contributed by atoms with Crippen molar-refractivity contribution in [1.29, 1.82) is 0 Å². The minimum absolute atomic E-state index is 0.402. The van der Waals surface area contributed by atoms with E-state index in [9.17, 15) is 25.5 Å². The molecule has 3 nitrogen and oxygen atoms in total. The molecule has 0 bridgehead atoms. The monoisotopic (exact) mass is 230 g/mol. The minimum Gasteiger partial charge on any atom is -0.352 e. The van der Waals surface area contributed by atoms with E-state index in [1.807, 2.05) is 0 Å². The van der Waals surface area contributed by atoms with Gasteiger partial charge < -0.3 is 4.18 Å². The smallest absolute Gasteiger partial charge is 0.352 e. The van der Waals surface area contributed by atoms with Crippen molar-refractivity contribution >= 4 is 10.5 Å². The molecule has 0 saturated heterocycles. The van der Waals surface area contributed by atoms with Crippen LogP contribution in [0, 0.1) is 17.5 Å². The molecule has 0 unspecified atom stereocenters. The van der Waals surface area contributed by atoms with E-state index in [0.717, 1.165) is 0 Å². The Balaban J connectivity index is 3.27. The van der Waals surface area contributed by atoms with Crippen molar-refractivity contribution in [1.82, 2.24) is 0 Å². The summed E-state index contributed by atoms with van der Waals surface area (Å²) in [5.74, 6) is -6.62. The fraction of sp³-hybridized carbons (Fsp3) is 0. The predicted molar refractivity (Wildman–Crippen MR) is 37.0 cm³/mol. The molecule has 0 amide bonds. The van der Waals surface area contributed by atoms with Crippen LogP contribution in [-0.2, 0) is 10.5 Å². The molecular formula is C6H2F4O3S. The van der Waals surface area contributed by atoms with Crippen LogP contribution in [-0.4, -0.2) is 8.42 Å². The Morgan fingerprint density at radius 3 is 2.07 bits per heavy atom. The Bertz CT molecular complexity index is 456. The quantitative estimate of drug-likeness (QED) is 0.441. The van der Waals surface area contributed by atoms with Gasteiger partial charge in [-0.25, -0.2) is 8.78 Å². The molecule has 1 rings (SSSR count). The molecule has 0 saturated carbocycles. The van der Waals surface area contributed by atoms with Crippen LogP contribution in [0.1, 0.15) is 0 Å². The van der Waals surface area contributed by atoms with Gasteiger partial charge in [-0.3, -0.25) is 0 Å². The number of rotatable bonds is 2. The average molecular weight is 230 g/mol. The lowest BCUT2D eigenvalue weighted by Gasteiger charge is -2.02. The maximum Gasteiger partial charge on any atom is 0.488 e. The average Bonchev–Trinajstić information content (AvgIpc) is 2.04. The van der Waals surface area contributed by atoms with E-state index in [1.165, 1.54) is 0 Å². The maximum atomic E-state index is 12.6. The van der Waals surface area contributed by atoms with Gasteiger partial charge in [-0.15, -0.1) is 0 Å². The molecule has 0 aliphatic heterocycles. The van der Waals surface area contributed by atoms with Crippen molar-refractivity contribution in [2.24, 2.45) is 0 Å². The minimum atomic E-state index is -5.59. The molecule has 8 heteroatoms. The van der Waals surface area contributed by atoms with Crippen LogP contribution < -0.4 is 4.18 Å². The molecule has 0 aromatic heterocycles. The first-order chi connectivity index (χ1) is 6.31. The van der Waals surface area contributed by atoms with Gasteiger partial charge in [0, 0.05) is 0 Å². The first-order valence-electron chi connectivity index (χ1n) is 3.09. The molecule has 0 radical (unpaired) electrons. The summed E-state index contributed by atoms with van der Waals surface area (Å²) in [5.41, 5.74) is 0. The molecule has 0 heterocycles. The molecule has 78 valence electrons. The second kappa shape index (κ2) is 3.45. The van der Waals surface area contributed by atoms with Gasteiger partial charge in [-0.05, 0) is 12.1 Å². The number of benzene rings is 1. The molecular weight excluding hydrogens is 228 g/mol. The van der Waals surface area contributed by atoms with Gasteiger partial charge in [0.05, 0.1) is 0 Å². The highest BCUT2D eigenvalue weighted by Gasteiger charge is 2.21. The van der Waals surface area contributed by atoms with E-state index in [2.05, 4.69) is 4.18 Å². The maximum absolute atomic E-state index is 12.6. The predicted octanol–water partition coefficient (Wildman–Crippen LogP) is 1.70. The van der Waals surface area contributed by atoms with Crippen LogP contribution in [0.5, 0.6) is 5.75 Å². The van der Waals surface area contributed by atoms with Gasteiger partial charge >= 0.3 is 10.5 Å². The van der Waals surface area contributed by atoms with Gasteiger partial charge in [0.15, 0.2) is 11.6 Å². The van der Waals surface area contributed by atoms with Crippen LogP contribution in [0.25, 0.3) is 0 Å². The van der Waals surface area contributed by atoms with Crippen LogP contribution in [0.2, 0.25) is 0 Å². The largest absolute Gasteiger partial charge is 0.488 e. The summed E-state index contributed by atoms with van der Waals surface area (Å²) >= 11 is 0. The normalized spacial score (nSPS) is 11.4. The Kier molecular flexibility index (Phi) is 2.65. The molecule has 0 fully saturated rings. The third-order valence-electron chi connectivity index (χ3n) is 1.18. The Labute approximate surface area is 76.3 Å². The van der Waals surface area contributed by atoms with Gasteiger partial charge in [-0.1, -0.05) is 3.89 Å². The summed E-state index contributed by atoms with van der Waals surface area (Å²) in [5, 5.41) is 0. The zero-order valence-electron chi connectivity index (χ0n) is 6.30. The highest BCUT2D eigenvalue weighted by molar-refractivity contribution is 7.81. The summed E-state index contributed by atoms with van der Waals surface area (Å²) < 4.78 is 72.5. The second-order valence-corrected chi connectivity index (χ2v) is 3.10. The fourth-order valence-corrected chi connectivity index (χ4v) is 1.04. The molecule has 0 atom stereocenters. The molecule has 14 heavy (non-hydrogen) atoms. The zero-order valence-corrected chi connectivity index (χ0v) is 7.12. The summed E-state index contributed by atoms with van der Waals surface area (Å²) in [4.78, 5) is 0. The molecule has 0 N–H and O–H groups in total. The molecule has 0 spiro atoms. The first kappa shape index (κ1) is 10.8. The first-order valence-corrected chi connectivity index (χ1v) is 4.39. The van der Waals surface area contributed by atoms with Crippen molar-refractivity contribution in [3.63, 3.8) is 0 Å². The van der Waals surface area contributed by atoms with Crippen molar-refractivity contribution in [3.05, 3.63) is 29.6 Å². The second-order valence-electron chi connectivity index (χ2n) is 2.15. The lowest BCUT2D eigenvalue weighted by molar-refractivity contribution is 0.389. The third-order valence-corrected chi connectivity index (χ3v) is 1.55. The molecule has 0 aliphatic rings. The van der Waals surface area contributed by atoms with Crippen molar-refractivity contribution in [3.8, 4) is 5.75 Å². The van der Waals surface area contributed by atoms with E-state index in [1.54, 1.807) is 0 Å². The number of halogens is 4. The van der Waals surface area contributed by atoms with Gasteiger partial charge in [0.1, 0.15) is 0 Å². The van der Waals surface area contributed by atoms with Crippen LogP contribution >= 0.6 is 0 Å². The van der Waals surface area contributed by atoms with E-state index >= 15 is 0 Å². The van der Waals surface area contributed by atoms with Gasteiger partial charge in [0.25, 0.3) is 0 Å². The van der Waals surface area contributed by atoms with E-state index in [-0.39, 0.29) is 0 Å². The summed E-state index contributed by atoms with van der Waals surface area (Å²) in [6.07, 6.45) is 0. The fourth-order valence-electron chi connectivity index (χ4n) is 0.684. The van der Waals surface area contributed by atoms with E-state index in [4.69, 9.17) is 0 Å². The van der Waals surface area contributed by atoms with Crippen molar-refractivity contribution in [2.75, 3.05) is 0 Å². The van der Waals surface area contributed by atoms with E-state index in [0.29, 0.717) is 12.1 Å². The molecule has 1 aromatic rings. The van der Waals surface area contributed by atoms with Gasteiger partial charge in [0.2, 0.25) is 11.6 Å². The SMILES string of the molecule is O=S(=O)(F)Oc1c(F)ccc(F)c1F. The Morgan fingerprint density at radius 2 is 1.57 bits per heavy atom. The Hall–Kier alpha value is -1.31. The summed E-state index contributed by atoms with van der Waals surface area (Å²) in [7, 11) is -5.59. The standard InChI is InChI=1S/C6H2F4O3S/c7-3-1-2-4(8)6(5(3)9)13-14(10,11)12/h1-2H. The number of hydrogen-bond acceptors (Lipinski definition) is 3. The summed E-state index contributed by atoms with van der Waals surface area (Å²) in [6.45, 7) is 0.